The van der Waals surface area contributed by atoms with Crippen LogP contribution >= 0.6 is 0 Å². The first kappa shape index (κ1) is 18.8. The zero-order chi connectivity index (χ0) is 18.6. The van der Waals surface area contributed by atoms with E-state index in [-0.39, 0.29) is 21.9 Å². The van der Waals surface area contributed by atoms with Crippen molar-refractivity contribution in [2.45, 2.75) is 11.5 Å². The van der Waals surface area contributed by atoms with Crippen molar-refractivity contribution in [2.75, 3.05) is 19.4 Å². The zero-order valence-electron chi connectivity index (χ0n) is 13.4. The molecule has 25 heavy (non-hydrogen) atoms. The second-order valence-electron chi connectivity index (χ2n) is 5.14. The van der Waals surface area contributed by atoms with Gasteiger partial charge >= 0.3 is 6.61 Å². The summed E-state index contributed by atoms with van der Waals surface area (Å²) >= 11 is 0. The lowest BCUT2D eigenvalue weighted by Crippen LogP contribution is -2.22. The van der Waals surface area contributed by atoms with Gasteiger partial charge in [0.05, 0.1) is 10.6 Å². The largest absolute Gasteiger partial charge is 0.433 e. The van der Waals surface area contributed by atoms with E-state index < -0.39 is 22.5 Å². The van der Waals surface area contributed by atoms with E-state index in [9.17, 15) is 22.0 Å². The quantitative estimate of drug-likeness (QED) is 0.848. The highest BCUT2D eigenvalue weighted by Gasteiger charge is 2.18. The van der Waals surface area contributed by atoms with Gasteiger partial charge in [0.15, 0.2) is 0 Å². The number of benzene rings is 2. The highest BCUT2D eigenvalue weighted by atomic mass is 32.2. The van der Waals surface area contributed by atoms with Gasteiger partial charge in [0.1, 0.15) is 5.75 Å². The van der Waals surface area contributed by atoms with E-state index in [1.807, 2.05) is 0 Å². The normalized spacial score (nSPS) is 11.6. The minimum absolute atomic E-state index is 0.0375. The topological polar surface area (TPSA) is 75.7 Å². The number of anilines is 1. The average Bonchev–Trinajstić information content (AvgIpc) is 2.56. The molecule has 0 radical (unpaired) electrons. The molecule has 0 heterocycles. The van der Waals surface area contributed by atoms with Gasteiger partial charge in [-0.25, -0.2) is 12.7 Å². The Morgan fingerprint density at radius 1 is 1.08 bits per heavy atom. The summed E-state index contributed by atoms with van der Waals surface area (Å²) in [5.74, 6) is -0.753. The molecule has 2 rings (SSSR count). The van der Waals surface area contributed by atoms with Crippen molar-refractivity contribution in [3.8, 4) is 5.75 Å². The molecule has 0 aliphatic rings. The van der Waals surface area contributed by atoms with E-state index in [0.29, 0.717) is 0 Å². The van der Waals surface area contributed by atoms with Crippen LogP contribution in [0.3, 0.4) is 0 Å². The SMILES string of the molecule is CN(C)S(=O)(=O)c1ccc(C(=O)Nc2ccccc2OC(F)F)cc1. The molecule has 0 aliphatic heterocycles. The van der Waals surface area contributed by atoms with Gasteiger partial charge in [-0.1, -0.05) is 12.1 Å². The molecule has 9 heteroatoms. The maximum atomic E-state index is 12.4. The molecule has 0 bridgehead atoms. The first-order valence-electron chi connectivity index (χ1n) is 7.09. The number of hydrogen-bond acceptors (Lipinski definition) is 4. The van der Waals surface area contributed by atoms with Crippen LogP contribution in [0.4, 0.5) is 14.5 Å². The third kappa shape index (κ3) is 4.52. The number of ether oxygens (including phenoxy) is 1. The van der Waals surface area contributed by atoms with E-state index in [2.05, 4.69) is 10.1 Å². The van der Waals surface area contributed by atoms with Crippen LogP contribution in [-0.4, -0.2) is 39.3 Å². The van der Waals surface area contributed by atoms with Gasteiger partial charge in [-0.05, 0) is 36.4 Å². The Balaban J connectivity index is 2.20. The van der Waals surface area contributed by atoms with Crippen LogP contribution < -0.4 is 10.1 Å². The molecular weight excluding hydrogens is 354 g/mol. The number of nitrogens with one attached hydrogen (secondary N) is 1. The summed E-state index contributed by atoms with van der Waals surface area (Å²) in [4.78, 5) is 12.3. The summed E-state index contributed by atoms with van der Waals surface area (Å²) in [6, 6.07) is 11.0. The highest BCUT2D eigenvalue weighted by Crippen LogP contribution is 2.26. The van der Waals surface area contributed by atoms with Gasteiger partial charge in [0.25, 0.3) is 5.91 Å². The maximum Gasteiger partial charge on any atom is 0.387 e. The average molecular weight is 370 g/mol. The molecule has 0 atom stereocenters. The van der Waals surface area contributed by atoms with E-state index >= 15 is 0 Å². The lowest BCUT2D eigenvalue weighted by atomic mass is 10.2. The Bertz CT molecular complexity index is 853. The molecule has 0 unspecified atom stereocenters. The van der Waals surface area contributed by atoms with Gasteiger partial charge in [-0.2, -0.15) is 8.78 Å². The number of halogens is 2. The predicted molar refractivity (Wildman–Crippen MR) is 88.3 cm³/mol. The molecule has 0 saturated heterocycles. The summed E-state index contributed by atoms with van der Waals surface area (Å²) in [7, 11) is -0.803. The maximum absolute atomic E-state index is 12.4. The summed E-state index contributed by atoms with van der Waals surface area (Å²) in [5, 5.41) is 2.46. The Hall–Kier alpha value is -2.52. The smallest absolute Gasteiger partial charge is 0.387 e. The lowest BCUT2D eigenvalue weighted by Gasteiger charge is -2.13. The summed E-state index contributed by atoms with van der Waals surface area (Å²) in [5.41, 5.74) is 0.252. The van der Waals surface area contributed by atoms with E-state index in [1.54, 1.807) is 6.07 Å². The summed E-state index contributed by atoms with van der Waals surface area (Å²) in [6.45, 7) is -3.02. The number of sulfonamides is 1. The second-order valence-corrected chi connectivity index (χ2v) is 7.29. The lowest BCUT2D eigenvalue weighted by molar-refractivity contribution is -0.0493. The first-order chi connectivity index (χ1) is 11.7. The van der Waals surface area contributed by atoms with Crippen molar-refractivity contribution in [3.05, 3.63) is 54.1 Å². The molecule has 1 N–H and O–H groups in total. The Labute approximate surface area is 144 Å². The molecule has 1 amide bonds. The fourth-order valence-corrected chi connectivity index (χ4v) is 2.85. The fraction of sp³-hybridized carbons (Fsp3) is 0.188. The molecule has 0 aliphatic carbocycles. The molecule has 134 valence electrons. The molecule has 0 fully saturated rings. The van der Waals surface area contributed by atoms with Gasteiger partial charge in [-0.3, -0.25) is 4.79 Å². The number of carbonyl (C=O) groups excluding carboxylic acids is 1. The second kappa shape index (κ2) is 7.58. The van der Waals surface area contributed by atoms with Crippen molar-refractivity contribution in [1.29, 1.82) is 0 Å². The number of nitrogens with zero attached hydrogens (tertiary/aromatic N) is 1. The van der Waals surface area contributed by atoms with Crippen molar-refractivity contribution in [1.82, 2.24) is 4.31 Å². The Morgan fingerprint density at radius 3 is 2.24 bits per heavy atom. The third-order valence-corrected chi connectivity index (χ3v) is 5.08. The monoisotopic (exact) mass is 370 g/mol. The van der Waals surface area contributed by atoms with Crippen LogP contribution in [0.5, 0.6) is 5.75 Å². The number of para-hydroxylation sites is 2. The Kier molecular flexibility index (Phi) is 5.70. The number of carbonyl (C=O) groups is 1. The summed E-state index contributed by atoms with van der Waals surface area (Å²) in [6.07, 6.45) is 0. The molecule has 0 saturated carbocycles. The number of alkyl halides is 2. The molecule has 2 aromatic rings. The fourth-order valence-electron chi connectivity index (χ4n) is 1.95. The minimum atomic E-state index is -3.60. The van der Waals surface area contributed by atoms with Crippen molar-refractivity contribution >= 4 is 21.6 Å². The van der Waals surface area contributed by atoms with Crippen molar-refractivity contribution < 1.29 is 26.7 Å². The molecular formula is C16H16F2N2O4S. The van der Waals surface area contributed by atoms with E-state index in [0.717, 1.165) is 4.31 Å². The van der Waals surface area contributed by atoms with Gasteiger partial charge in [0.2, 0.25) is 10.0 Å². The van der Waals surface area contributed by atoms with Crippen molar-refractivity contribution in [2.24, 2.45) is 0 Å². The number of hydrogen-bond donors (Lipinski definition) is 1. The number of rotatable bonds is 6. The van der Waals surface area contributed by atoms with Gasteiger partial charge in [-0.15, -0.1) is 0 Å². The van der Waals surface area contributed by atoms with Crippen LogP contribution in [0.2, 0.25) is 0 Å². The molecule has 2 aromatic carbocycles. The van der Waals surface area contributed by atoms with Crippen molar-refractivity contribution in [3.63, 3.8) is 0 Å². The molecule has 0 aromatic heterocycles. The Morgan fingerprint density at radius 2 is 1.68 bits per heavy atom. The number of amides is 1. The van der Waals surface area contributed by atoms with E-state index in [1.165, 1.54) is 56.6 Å². The van der Waals surface area contributed by atoms with Crippen LogP contribution in [0.1, 0.15) is 10.4 Å². The van der Waals surface area contributed by atoms with Gasteiger partial charge in [0, 0.05) is 19.7 Å². The van der Waals surface area contributed by atoms with Crippen LogP contribution in [0.15, 0.2) is 53.4 Å². The third-order valence-electron chi connectivity index (χ3n) is 3.25. The molecule has 6 nitrogen and oxygen atoms in total. The zero-order valence-corrected chi connectivity index (χ0v) is 14.3. The highest BCUT2D eigenvalue weighted by molar-refractivity contribution is 7.89. The standard InChI is InChI=1S/C16H16F2N2O4S/c1-20(2)25(22,23)12-9-7-11(8-10-12)15(21)19-13-5-3-4-6-14(13)24-16(17)18/h3-10,16H,1-2H3,(H,19,21). The predicted octanol–water partition coefficient (Wildman–Crippen LogP) is 2.79. The molecule has 0 spiro atoms. The minimum Gasteiger partial charge on any atom is -0.433 e. The van der Waals surface area contributed by atoms with Crippen LogP contribution in [-0.2, 0) is 10.0 Å². The summed E-state index contributed by atoms with van der Waals surface area (Å²) < 4.78 is 54.1. The van der Waals surface area contributed by atoms with Gasteiger partial charge < -0.3 is 10.1 Å². The van der Waals surface area contributed by atoms with Crippen LogP contribution in [0.25, 0.3) is 0 Å². The first-order valence-corrected chi connectivity index (χ1v) is 8.53. The van der Waals surface area contributed by atoms with E-state index in [4.69, 9.17) is 0 Å². The van der Waals surface area contributed by atoms with Crippen LogP contribution in [0, 0.1) is 0 Å².